The quantitative estimate of drug-likeness (QED) is 0.912. The molecule has 0 bridgehead atoms. The van der Waals surface area contributed by atoms with Gasteiger partial charge >= 0.3 is 0 Å². The van der Waals surface area contributed by atoms with Gasteiger partial charge in [0.1, 0.15) is 0 Å². The predicted octanol–water partition coefficient (Wildman–Crippen LogP) is 1.68. The van der Waals surface area contributed by atoms with Gasteiger partial charge in [0.15, 0.2) is 5.65 Å². The first-order chi connectivity index (χ1) is 10.9. The van der Waals surface area contributed by atoms with E-state index in [1.807, 2.05) is 25.8 Å². The monoisotopic (exact) mass is 316 g/mol. The number of fused-ring (bicyclic) bond motifs is 1. The highest BCUT2D eigenvalue weighted by atomic mass is 16.2. The Morgan fingerprint density at radius 3 is 2.74 bits per heavy atom. The first-order valence-electron chi connectivity index (χ1n) is 8.17. The van der Waals surface area contributed by atoms with Crippen LogP contribution in [0.5, 0.6) is 0 Å². The Labute approximate surface area is 135 Å². The number of nitrogens with zero attached hydrogens (tertiary/aromatic N) is 3. The molecule has 1 aliphatic carbocycles. The fourth-order valence-corrected chi connectivity index (χ4v) is 3.23. The summed E-state index contributed by atoms with van der Waals surface area (Å²) in [6.07, 6.45) is 3.58. The van der Waals surface area contributed by atoms with Crippen molar-refractivity contribution in [1.29, 1.82) is 0 Å². The van der Waals surface area contributed by atoms with Crippen LogP contribution in [0.1, 0.15) is 36.1 Å². The molecule has 2 aromatic rings. The highest BCUT2D eigenvalue weighted by Gasteiger charge is 2.25. The molecule has 0 radical (unpaired) electrons. The summed E-state index contributed by atoms with van der Waals surface area (Å²) in [5.74, 6) is 0.867. The lowest BCUT2D eigenvalue weighted by Gasteiger charge is -2.17. The van der Waals surface area contributed by atoms with Crippen LogP contribution in [0.4, 0.5) is 0 Å². The molecule has 1 N–H and O–H groups in total. The summed E-state index contributed by atoms with van der Waals surface area (Å²) >= 11 is 0. The Kier molecular flexibility index (Phi) is 4.00. The van der Waals surface area contributed by atoms with Crippen LogP contribution in [-0.2, 0) is 18.3 Å². The van der Waals surface area contributed by atoms with Crippen molar-refractivity contribution in [3.8, 4) is 0 Å². The molecule has 0 aromatic carbocycles. The second kappa shape index (κ2) is 5.83. The smallest absolute Gasteiger partial charge is 0.273 e. The lowest BCUT2D eigenvalue weighted by Crippen LogP contribution is -2.29. The number of hydrogen-bond acceptors (Lipinski definition) is 3. The van der Waals surface area contributed by atoms with E-state index in [-0.39, 0.29) is 11.5 Å². The SMILES string of the molecule is Cc1nc2c(c(C)c1CCC(=O)N(C)CC1CC1)c(=O)[nH]n2C. The molecule has 0 saturated heterocycles. The average Bonchev–Trinajstić information content (AvgIpc) is 3.24. The van der Waals surface area contributed by atoms with E-state index in [0.29, 0.717) is 29.8 Å². The number of carbonyl (C=O) groups excluding carboxylic acids is 1. The number of amides is 1. The maximum absolute atomic E-state index is 12.3. The number of pyridine rings is 1. The Morgan fingerprint density at radius 2 is 2.09 bits per heavy atom. The van der Waals surface area contributed by atoms with E-state index in [1.165, 1.54) is 12.8 Å². The standard InChI is InChI=1S/C17H24N4O2/c1-10-13(7-8-14(22)20(3)9-12-5-6-12)11(2)18-16-15(10)17(23)19-21(16)4/h12H,5-9H2,1-4H3,(H,19,23). The van der Waals surface area contributed by atoms with Crippen LogP contribution in [0.2, 0.25) is 0 Å². The van der Waals surface area contributed by atoms with Crippen molar-refractivity contribution in [2.24, 2.45) is 13.0 Å². The summed E-state index contributed by atoms with van der Waals surface area (Å²) in [6.45, 7) is 4.75. The Balaban J connectivity index is 1.81. The van der Waals surface area contributed by atoms with Crippen molar-refractivity contribution in [3.63, 3.8) is 0 Å². The molecule has 23 heavy (non-hydrogen) atoms. The van der Waals surface area contributed by atoms with Gasteiger partial charge in [-0.15, -0.1) is 0 Å². The van der Waals surface area contributed by atoms with Crippen LogP contribution < -0.4 is 5.56 Å². The molecule has 2 heterocycles. The van der Waals surface area contributed by atoms with E-state index in [4.69, 9.17) is 0 Å². The summed E-state index contributed by atoms with van der Waals surface area (Å²) in [7, 11) is 3.66. The van der Waals surface area contributed by atoms with Gasteiger partial charge in [-0.3, -0.25) is 19.4 Å². The minimum absolute atomic E-state index is 0.120. The van der Waals surface area contributed by atoms with Gasteiger partial charge < -0.3 is 4.90 Å². The molecule has 1 saturated carbocycles. The molecule has 1 amide bonds. The first kappa shape index (κ1) is 15.8. The summed E-state index contributed by atoms with van der Waals surface area (Å²) in [6, 6.07) is 0. The molecule has 0 aliphatic heterocycles. The van der Waals surface area contributed by atoms with Gasteiger partial charge in [-0.2, -0.15) is 0 Å². The van der Waals surface area contributed by atoms with Gasteiger partial charge in [-0.1, -0.05) is 0 Å². The predicted molar refractivity (Wildman–Crippen MR) is 89.5 cm³/mol. The number of rotatable bonds is 5. The van der Waals surface area contributed by atoms with Gasteiger partial charge in [0.25, 0.3) is 5.56 Å². The van der Waals surface area contributed by atoms with Crippen molar-refractivity contribution in [2.45, 2.75) is 39.5 Å². The zero-order valence-corrected chi connectivity index (χ0v) is 14.3. The summed E-state index contributed by atoms with van der Waals surface area (Å²) < 4.78 is 1.65. The number of H-pyrrole nitrogens is 1. The lowest BCUT2D eigenvalue weighted by molar-refractivity contribution is -0.130. The second-order valence-corrected chi connectivity index (χ2v) is 6.72. The summed E-state index contributed by atoms with van der Waals surface area (Å²) in [4.78, 5) is 30.7. The molecule has 0 unspecified atom stereocenters. The molecule has 6 nitrogen and oxygen atoms in total. The van der Waals surface area contributed by atoms with Crippen molar-refractivity contribution >= 4 is 16.9 Å². The van der Waals surface area contributed by atoms with Gasteiger partial charge in [0.05, 0.1) is 5.39 Å². The summed E-state index contributed by atoms with van der Waals surface area (Å²) in [5.41, 5.74) is 3.40. The van der Waals surface area contributed by atoms with E-state index >= 15 is 0 Å². The van der Waals surface area contributed by atoms with Crippen molar-refractivity contribution < 1.29 is 4.79 Å². The van der Waals surface area contributed by atoms with Crippen LogP contribution >= 0.6 is 0 Å². The Hall–Kier alpha value is -2.11. The second-order valence-electron chi connectivity index (χ2n) is 6.72. The molecule has 2 aromatic heterocycles. The van der Waals surface area contributed by atoms with Crippen LogP contribution in [-0.4, -0.2) is 39.2 Å². The first-order valence-corrected chi connectivity index (χ1v) is 8.17. The van der Waals surface area contributed by atoms with Crippen LogP contribution in [0.25, 0.3) is 11.0 Å². The van der Waals surface area contributed by atoms with Gasteiger partial charge in [-0.25, -0.2) is 4.98 Å². The van der Waals surface area contributed by atoms with E-state index in [9.17, 15) is 9.59 Å². The van der Waals surface area contributed by atoms with Crippen LogP contribution in [0, 0.1) is 19.8 Å². The minimum atomic E-state index is -0.120. The molecular formula is C17H24N4O2. The fraction of sp³-hybridized carbons (Fsp3) is 0.588. The summed E-state index contributed by atoms with van der Waals surface area (Å²) in [5, 5.41) is 3.38. The Morgan fingerprint density at radius 1 is 1.39 bits per heavy atom. The molecule has 3 rings (SSSR count). The number of carbonyl (C=O) groups is 1. The lowest BCUT2D eigenvalue weighted by atomic mass is 10.00. The minimum Gasteiger partial charge on any atom is -0.345 e. The Bertz CT molecular complexity index is 814. The zero-order valence-electron chi connectivity index (χ0n) is 14.3. The third kappa shape index (κ3) is 3.02. The number of hydrogen-bond donors (Lipinski definition) is 1. The number of aromatic amines is 1. The van der Waals surface area contributed by atoms with Crippen molar-refractivity contribution in [2.75, 3.05) is 13.6 Å². The highest BCUT2D eigenvalue weighted by Crippen LogP contribution is 2.29. The zero-order chi connectivity index (χ0) is 16.7. The largest absolute Gasteiger partial charge is 0.345 e. The third-order valence-corrected chi connectivity index (χ3v) is 4.82. The van der Waals surface area contributed by atoms with E-state index < -0.39 is 0 Å². The third-order valence-electron chi connectivity index (χ3n) is 4.82. The topological polar surface area (TPSA) is 71.0 Å². The van der Waals surface area contributed by atoms with Gasteiger partial charge in [0, 0.05) is 32.8 Å². The maximum atomic E-state index is 12.3. The fourth-order valence-electron chi connectivity index (χ4n) is 3.23. The molecular weight excluding hydrogens is 292 g/mol. The van der Waals surface area contributed by atoms with E-state index in [1.54, 1.807) is 11.7 Å². The molecule has 1 aliphatic rings. The number of aryl methyl sites for hydroxylation is 3. The molecule has 124 valence electrons. The van der Waals surface area contributed by atoms with Gasteiger partial charge in [-0.05, 0) is 50.2 Å². The van der Waals surface area contributed by atoms with Crippen molar-refractivity contribution in [1.82, 2.24) is 19.7 Å². The molecule has 6 heteroatoms. The maximum Gasteiger partial charge on any atom is 0.273 e. The van der Waals surface area contributed by atoms with E-state index in [0.717, 1.165) is 23.4 Å². The number of nitrogens with one attached hydrogen (secondary N) is 1. The van der Waals surface area contributed by atoms with Gasteiger partial charge in [0.2, 0.25) is 5.91 Å². The van der Waals surface area contributed by atoms with Crippen LogP contribution in [0.15, 0.2) is 4.79 Å². The molecule has 0 spiro atoms. The highest BCUT2D eigenvalue weighted by molar-refractivity contribution is 5.81. The van der Waals surface area contributed by atoms with Crippen LogP contribution in [0.3, 0.4) is 0 Å². The number of aromatic nitrogens is 3. The molecule has 0 atom stereocenters. The van der Waals surface area contributed by atoms with Crippen molar-refractivity contribution in [3.05, 3.63) is 27.2 Å². The van der Waals surface area contributed by atoms with E-state index in [2.05, 4.69) is 10.1 Å². The average molecular weight is 316 g/mol. The molecule has 1 fully saturated rings. The normalized spacial score (nSPS) is 14.4.